The number of aromatic nitrogens is 1. The smallest absolute Gasteiger partial charge is 0.129 e. The standard InChI is InChI=1S/C25H34ClN3O2/c1-20(29-15-17-31-24(19-29)23-6-5-7-25(26)27-23)18-21-8-10-22(11-9-21)30-16-14-28-12-3-2-4-13-28/h5-11,20,24H,2-4,12-19H2,1H3. The van der Waals surface area contributed by atoms with Gasteiger partial charge >= 0.3 is 0 Å². The highest BCUT2D eigenvalue weighted by Gasteiger charge is 2.26. The first-order valence-electron chi connectivity index (χ1n) is 11.6. The number of morpholine rings is 1. The summed E-state index contributed by atoms with van der Waals surface area (Å²) in [5.74, 6) is 0.965. The molecule has 2 saturated heterocycles. The molecule has 0 amide bonds. The molecule has 2 aliphatic heterocycles. The van der Waals surface area contributed by atoms with Gasteiger partial charge in [0.1, 0.15) is 23.6 Å². The van der Waals surface area contributed by atoms with E-state index in [9.17, 15) is 0 Å². The zero-order valence-corrected chi connectivity index (χ0v) is 19.3. The summed E-state index contributed by atoms with van der Waals surface area (Å²) in [7, 11) is 0. The molecule has 0 spiro atoms. The second-order valence-corrected chi connectivity index (χ2v) is 9.07. The van der Waals surface area contributed by atoms with Crippen molar-refractivity contribution < 1.29 is 9.47 Å². The van der Waals surface area contributed by atoms with E-state index >= 15 is 0 Å². The number of hydrogen-bond acceptors (Lipinski definition) is 5. The lowest BCUT2D eigenvalue weighted by Crippen LogP contribution is -2.44. The lowest BCUT2D eigenvalue weighted by molar-refractivity contribution is -0.0444. The second kappa shape index (κ2) is 11.3. The van der Waals surface area contributed by atoms with Crippen LogP contribution in [0, 0.1) is 0 Å². The Bertz CT molecular complexity index is 811. The van der Waals surface area contributed by atoms with Crippen molar-refractivity contribution >= 4 is 11.6 Å². The lowest BCUT2D eigenvalue weighted by atomic mass is 10.0. The van der Waals surface area contributed by atoms with Gasteiger partial charge in [-0.2, -0.15) is 0 Å². The fraction of sp³-hybridized carbons (Fsp3) is 0.560. The monoisotopic (exact) mass is 443 g/mol. The first kappa shape index (κ1) is 22.5. The molecule has 2 aromatic rings. The van der Waals surface area contributed by atoms with Crippen LogP contribution >= 0.6 is 11.6 Å². The van der Waals surface area contributed by atoms with Gasteiger partial charge in [-0.25, -0.2) is 4.98 Å². The van der Waals surface area contributed by atoms with Gasteiger partial charge in [0, 0.05) is 25.7 Å². The summed E-state index contributed by atoms with van der Waals surface area (Å²) >= 11 is 6.06. The van der Waals surface area contributed by atoms with E-state index in [1.165, 1.54) is 37.9 Å². The minimum absolute atomic E-state index is 0.0226. The molecular formula is C25H34ClN3O2. The normalized spacial score (nSPS) is 21.7. The van der Waals surface area contributed by atoms with Crippen LogP contribution in [-0.4, -0.2) is 66.8 Å². The number of likely N-dealkylation sites (tertiary alicyclic amines) is 1. The largest absolute Gasteiger partial charge is 0.492 e. The number of pyridine rings is 1. The van der Waals surface area contributed by atoms with Gasteiger partial charge < -0.3 is 9.47 Å². The Labute approximate surface area is 191 Å². The molecule has 3 heterocycles. The predicted octanol–water partition coefficient (Wildman–Crippen LogP) is 4.60. The Balaban J connectivity index is 1.24. The van der Waals surface area contributed by atoms with Crippen LogP contribution in [0.4, 0.5) is 0 Å². The number of rotatable bonds is 8. The Morgan fingerprint density at radius 1 is 1.10 bits per heavy atom. The van der Waals surface area contributed by atoms with E-state index in [0.29, 0.717) is 17.8 Å². The first-order chi connectivity index (χ1) is 15.2. The summed E-state index contributed by atoms with van der Waals surface area (Å²) in [5.41, 5.74) is 2.25. The van der Waals surface area contributed by atoms with Crippen molar-refractivity contribution in [1.29, 1.82) is 0 Å². The highest BCUT2D eigenvalue weighted by molar-refractivity contribution is 6.29. The minimum atomic E-state index is -0.0226. The van der Waals surface area contributed by atoms with Crippen LogP contribution in [0.15, 0.2) is 42.5 Å². The molecule has 1 aromatic heterocycles. The van der Waals surface area contributed by atoms with E-state index < -0.39 is 0 Å². The molecular weight excluding hydrogens is 410 g/mol. The third-order valence-electron chi connectivity index (χ3n) is 6.37. The van der Waals surface area contributed by atoms with E-state index in [1.807, 2.05) is 12.1 Å². The zero-order valence-electron chi connectivity index (χ0n) is 18.5. The lowest BCUT2D eigenvalue weighted by Gasteiger charge is -2.36. The number of halogens is 1. The Morgan fingerprint density at radius 3 is 2.68 bits per heavy atom. The van der Waals surface area contributed by atoms with E-state index in [4.69, 9.17) is 21.1 Å². The summed E-state index contributed by atoms with van der Waals surface area (Å²) in [6.45, 7) is 9.01. The maximum Gasteiger partial charge on any atom is 0.129 e. The van der Waals surface area contributed by atoms with Crippen molar-refractivity contribution in [1.82, 2.24) is 14.8 Å². The van der Waals surface area contributed by atoms with Crippen LogP contribution in [0.2, 0.25) is 5.15 Å². The Kier molecular flexibility index (Phi) is 8.20. The number of nitrogens with zero attached hydrogens (tertiary/aromatic N) is 3. The summed E-state index contributed by atoms with van der Waals surface area (Å²) in [5, 5.41) is 0.518. The predicted molar refractivity (Wildman–Crippen MR) is 125 cm³/mol. The number of hydrogen-bond donors (Lipinski definition) is 0. The molecule has 31 heavy (non-hydrogen) atoms. The molecule has 2 aliphatic rings. The summed E-state index contributed by atoms with van der Waals surface area (Å²) < 4.78 is 11.9. The second-order valence-electron chi connectivity index (χ2n) is 8.69. The van der Waals surface area contributed by atoms with Crippen molar-refractivity contribution in [2.75, 3.05) is 45.9 Å². The molecule has 0 saturated carbocycles. The van der Waals surface area contributed by atoms with Crippen molar-refractivity contribution in [2.24, 2.45) is 0 Å². The first-order valence-corrected chi connectivity index (χ1v) is 12.0. The third-order valence-corrected chi connectivity index (χ3v) is 6.58. The van der Waals surface area contributed by atoms with Gasteiger partial charge in [0.2, 0.25) is 0 Å². The summed E-state index contributed by atoms with van der Waals surface area (Å²) in [6, 6.07) is 14.8. The maximum atomic E-state index is 6.06. The molecule has 4 rings (SSSR count). The van der Waals surface area contributed by atoms with Crippen molar-refractivity contribution in [3.63, 3.8) is 0 Å². The van der Waals surface area contributed by atoms with Gasteiger partial charge in [-0.1, -0.05) is 36.2 Å². The molecule has 0 N–H and O–H groups in total. The van der Waals surface area contributed by atoms with Crippen molar-refractivity contribution in [2.45, 2.75) is 44.8 Å². The zero-order chi connectivity index (χ0) is 21.5. The average Bonchev–Trinajstić information content (AvgIpc) is 2.81. The molecule has 0 bridgehead atoms. The average molecular weight is 444 g/mol. The number of benzene rings is 1. The fourth-order valence-electron chi connectivity index (χ4n) is 4.52. The van der Waals surface area contributed by atoms with Crippen LogP contribution in [0.25, 0.3) is 0 Å². The molecule has 2 atom stereocenters. The minimum Gasteiger partial charge on any atom is -0.492 e. The molecule has 1 aromatic carbocycles. The maximum absolute atomic E-state index is 6.06. The van der Waals surface area contributed by atoms with Crippen LogP contribution < -0.4 is 4.74 Å². The molecule has 0 radical (unpaired) electrons. The SMILES string of the molecule is CC(Cc1ccc(OCCN2CCCCC2)cc1)N1CCOC(c2cccc(Cl)n2)C1. The van der Waals surface area contributed by atoms with Gasteiger partial charge in [0.25, 0.3) is 0 Å². The van der Waals surface area contributed by atoms with Gasteiger partial charge in [0.15, 0.2) is 0 Å². The van der Waals surface area contributed by atoms with Crippen LogP contribution in [-0.2, 0) is 11.2 Å². The van der Waals surface area contributed by atoms with E-state index in [-0.39, 0.29) is 6.10 Å². The van der Waals surface area contributed by atoms with E-state index in [2.05, 4.69) is 46.0 Å². The van der Waals surface area contributed by atoms with Gasteiger partial charge in [-0.15, -0.1) is 0 Å². The molecule has 2 fully saturated rings. The van der Waals surface area contributed by atoms with Crippen LogP contribution in [0.1, 0.15) is 43.5 Å². The third kappa shape index (κ3) is 6.66. The summed E-state index contributed by atoms with van der Waals surface area (Å²) in [6.07, 6.45) is 5.01. The van der Waals surface area contributed by atoms with Gasteiger partial charge in [0.05, 0.1) is 12.3 Å². The quantitative estimate of drug-likeness (QED) is 0.557. The molecule has 6 heteroatoms. The Hall–Kier alpha value is -1.66. The highest BCUT2D eigenvalue weighted by Crippen LogP contribution is 2.24. The fourth-order valence-corrected chi connectivity index (χ4v) is 4.69. The van der Waals surface area contributed by atoms with Crippen molar-refractivity contribution in [3.05, 3.63) is 58.9 Å². The number of piperidine rings is 1. The molecule has 168 valence electrons. The highest BCUT2D eigenvalue weighted by atomic mass is 35.5. The van der Waals surface area contributed by atoms with Crippen LogP contribution in [0.5, 0.6) is 5.75 Å². The van der Waals surface area contributed by atoms with Gasteiger partial charge in [-0.05, 0) is 69.1 Å². The van der Waals surface area contributed by atoms with E-state index in [1.54, 1.807) is 6.07 Å². The Morgan fingerprint density at radius 2 is 1.90 bits per heavy atom. The molecule has 2 unspecified atom stereocenters. The van der Waals surface area contributed by atoms with Crippen LogP contribution in [0.3, 0.4) is 0 Å². The molecule has 0 aliphatic carbocycles. The number of ether oxygens (including phenoxy) is 2. The topological polar surface area (TPSA) is 37.8 Å². The summed E-state index contributed by atoms with van der Waals surface area (Å²) in [4.78, 5) is 9.43. The van der Waals surface area contributed by atoms with Gasteiger partial charge in [-0.3, -0.25) is 9.80 Å². The van der Waals surface area contributed by atoms with E-state index in [0.717, 1.165) is 44.1 Å². The van der Waals surface area contributed by atoms with Crippen molar-refractivity contribution in [3.8, 4) is 5.75 Å². The molecule has 5 nitrogen and oxygen atoms in total.